The second-order valence-electron chi connectivity index (χ2n) is 5.46. The Morgan fingerprint density at radius 3 is 3.12 bits per heavy atom. The highest BCUT2D eigenvalue weighted by Gasteiger charge is 2.21. The molecule has 0 amide bonds. The summed E-state index contributed by atoms with van der Waals surface area (Å²) in [4.78, 5) is 8.41. The Balaban J connectivity index is 1.58. The topological polar surface area (TPSA) is 28.2 Å². The van der Waals surface area contributed by atoms with Gasteiger partial charge in [-0.05, 0) is 31.6 Å². The van der Waals surface area contributed by atoms with Gasteiger partial charge in [0.25, 0.3) is 0 Å². The molecule has 2 aliphatic rings. The van der Waals surface area contributed by atoms with Gasteiger partial charge in [-0.25, -0.2) is 4.98 Å². The van der Waals surface area contributed by atoms with Crippen LogP contribution >= 0.6 is 11.3 Å². The molecular formula is C13H21N3S. The maximum atomic E-state index is 4.58. The van der Waals surface area contributed by atoms with Crippen LogP contribution < -0.4 is 10.2 Å². The van der Waals surface area contributed by atoms with E-state index >= 15 is 0 Å². The molecule has 1 saturated heterocycles. The van der Waals surface area contributed by atoms with Crippen molar-refractivity contribution in [1.82, 2.24) is 10.3 Å². The molecule has 1 saturated carbocycles. The first-order valence-corrected chi connectivity index (χ1v) is 7.56. The van der Waals surface area contributed by atoms with Gasteiger partial charge in [-0.1, -0.05) is 6.92 Å². The van der Waals surface area contributed by atoms with E-state index in [1.165, 1.54) is 48.8 Å². The molecule has 3 nitrogen and oxygen atoms in total. The monoisotopic (exact) mass is 251 g/mol. The lowest BCUT2D eigenvalue weighted by Gasteiger charge is -2.30. The van der Waals surface area contributed by atoms with Crippen molar-refractivity contribution >= 4 is 16.5 Å². The zero-order valence-corrected chi connectivity index (χ0v) is 11.3. The lowest BCUT2D eigenvalue weighted by atomic mass is 10.0. The first-order chi connectivity index (χ1) is 8.31. The summed E-state index contributed by atoms with van der Waals surface area (Å²) in [7, 11) is 0. The number of nitrogens with one attached hydrogen (secondary N) is 1. The number of aromatic nitrogens is 1. The predicted molar refractivity (Wildman–Crippen MR) is 72.6 cm³/mol. The third-order valence-electron chi connectivity index (χ3n) is 3.61. The van der Waals surface area contributed by atoms with Gasteiger partial charge in [0.2, 0.25) is 0 Å². The zero-order chi connectivity index (χ0) is 11.7. The van der Waals surface area contributed by atoms with Crippen LogP contribution in [-0.2, 0) is 6.54 Å². The summed E-state index contributed by atoms with van der Waals surface area (Å²) in [5, 5.41) is 4.78. The van der Waals surface area contributed by atoms with Crippen LogP contribution in [0, 0.1) is 5.92 Å². The highest BCUT2D eigenvalue weighted by atomic mass is 32.1. The molecule has 0 aromatic carbocycles. The molecule has 1 N–H and O–H groups in total. The third-order valence-corrected chi connectivity index (χ3v) is 4.67. The molecule has 1 atom stereocenters. The van der Waals surface area contributed by atoms with E-state index in [0.717, 1.165) is 18.5 Å². The molecule has 3 rings (SSSR count). The summed E-state index contributed by atoms with van der Waals surface area (Å²) < 4.78 is 0. The van der Waals surface area contributed by atoms with Crippen molar-refractivity contribution in [1.29, 1.82) is 0 Å². The van der Waals surface area contributed by atoms with E-state index in [0.29, 0.717) is 0 Å². The highest BCUT2D eigenvalue weighted by molar-refractivity contribution is 7.15. The van der Waals surface area contributed by atoms with Crippen LogP contribution in [0.2, 0.25) is 0 Å². The Bertz CT molecular complexity index is 372. The van der Waals surface area contributed by atoms with E-state index in [9.17, 15) is 0 Å². The maximum Gasteiger partial charge on any atom is 0.185 e. The van der Waals surface area contributed by atoms with Gasteiger partial charge in [-0.3, -0.25) is 0 Å². The van der Waals surface area contributed by atoms with Crippen LogP contribution in [0.4, 0.5) is 5.13 Å². The Morgan fingerprint density at radius 1 is 1.47 bits per heavy atom. The number of rotatable bonds is 4. The van der Waals surface area contributed by atoms with Crippen molar-refractivity contribution in [3.05, 3.63) is 11.1 Å². The lowest BCUT2D eigenvalue weighted by molar-refractivity contribution is 0.446. The van der Waals surface area contributed by atoms with Gasteiger partial charge >= 0.3 is 0 Å². The van der Waals surface area contributed by atoms with Gasteiger partial charge in [0.15, 0.2) is 5.13 Å². The fraction of sp³-hybridized carbons (Fsp3) is 0.769. The zero-order valence-electron chi connectivity index (χ0n) is 10.5. The lowest BCUT2D eigenvalue weighted by Crippen LogP contribution is -2.34. The minimum absolute atomic E-state index is 0.788. The maximum absolute atomic E-state index is 4.58. The van der Waals surface area contributed by atoms with Gasteiger partial charge in [-0.2, -0.15) is 0 Å². The summed E-state index contributed by atoms with van der Waals surface area (Å²) in [6, 6.07) is 0.788. The SMILES string of the molecule is CC1CCCN(c2ncc(CNC3CC3)s2)C1. The summed E-state index contributed by atoms with van der Waals surface area (Å²) in [6.07, 6.45) is 7.45. The molecule has 1 aliphatic heterocycles. The smallest absolute Gasteiger partial charge is 0.185 e. The van der Waals surface area contributed by atoms with E-state index in [2.05, 4.69) is 28.3 Å². The standard InChI is InChI=1S/C13H21N3S/c1-10-3-2-6-16(9-10)13-15-8-12(17-13)7-14-11-4-5-11/h8,10-11,14H,2-7,9H2,1H3. The molecule has 1 aromatic rings. The van der Waals surface area contributed by atoms with Gasteiger partial charge in [0.1, 0.15) is 0 Å². The second-order valence-corrected chi connectivity index (χ2v) is 6.55. The van der Waals surface area contributed by atoms with Crippen molar-refractivity contribution in [2.45, 2.75) is 45.2 Å². The molecule has 17 heavy (non-hydrogen) atoms. The molecule has 1 unspecified atom stereocenters. The summed E-state index contributed by atoms with van der Waals surface area (Å²) in [5.74, 6) is 0.820. The first kappa shape index (κ1) is 11.5. The van der Waals surface area contributed by atoms with Crippen LogP contribution in [-0.4, -0.2) is 24.1 Å². The van der Waals surface area contributed by atoms with Gasteiger partial charge < -0.3 is 10.2 Å². The minimum Gasteiger partial charge on any atom is -0.348 e. The van der Waals surface area contributed by atoms with Crippen molar-refractivity contribution in [2.24, 2.45) is 5.92 Å². The number of thiazole rings is 1. The average molecular weight is 251 g/mol. The van der Waals surface area contributed by atoms with Gasteiger partial charge in [-0.15, -0.1) is 11.3 Å². The van der Waals surface area contributed by atoms with Crippen molar-refractivity contribution in [3.8, 4) is 0 Å². The summed E-state index contributed by atoms with van der Waals surface area (Å²) in [5.41, 5.74) is 0. The molecule has 1 aromatic heterocycles. The van der Waals surface area contributed by atoms with Gasteiger partial charge in [0, 0.05) is 36.8 Å². The normalized spacial score (nSPS) is 25.2. The molecule has 94 valence electrons. The van der Waals surface area contributed by atoms with Crippen LogP contribution in [0.3, 0.4) is 0 Å². The molecule has 2 heterocycles. The number of hydrogen-bond donors (Lipinski definition) is 1. The van der Waals surface area contributed by atoms with Crippen LogP contribution in [0.5, 0.6) is 0 Å². The quantitative estimate of drug-likeness (QED) is 0.891. The van der Waals surface area contributed by atoms with Gasteiger partial charge in [0.05, 0.1) is 0 Å². The second kappa shape index (κ2) is 4.94. The van der Waals surface area contributed by atoms with E-state index in [4.69, 9.17) is 0 Å². The van der Waals surface area contributed by atoms with Crippen molar-refractivity contribution < 1.29 is 0 Å². The number of hydrogen-bond acceptors (Lipinski definition) is 4. The van der Waals surface area contributed by atoms with E-state index < -0.39 is 0 Å². The summed E-state index contributed by atoms with van der Waals surface area (Å²) in [6.45, 7) is 5.72. The third kappa shape index (κ3) is 2.99. The molecule has 0 radical (unpaired) electrons. The predicted octanol–water partition coefficient (Wildman–Crippen LogP) is 2.63. The minimum atomic E-state index is 0.788. The van der Waals surface area contributed by atoms with E-state index in [1.807, 2.05) is 11.3 Å². The molecule has 1 aliphatic carbocycles. The fourth-order valence-electron chi connectivity index (χ4n) is 2.42. The Hall–Kier alpha value is -0.610. The molecule has 0 bridgehead atoms. The number of nitrogens with zero attached hydrogens (tertiary/aromatic N) is 2. The molecule has 2 fully saturated rings. The Kier molecular flexibility index (Phi) is 3.34. The van der Waals surface area contributed by atoms with Crippen LogP contribution in [0.15, 0.2) is 6.20 Å². The number of anilines is 1. The van der Waals surface area contributed by atoms with Crippen molar-refractivity contribution in [2.75, 3.05) is 18.0 Å². The molecule has 0 spiro atoms. The number of piperidine rings is 1. The van der Waals surface area contributed by atoms with E-state index in [1.54, 1.807) is 0 Å². The Labute approximate surface area is 107 Å². The van der Waals surface area contributed by atoms with Crippen LogP contribution in [0.1, 0.15) is 37.5 Å². The van der Waals surface area contributed by atoms with E-state index in [-0.39, 0.29) is 0 Å². The van der Waals surface area contributed by atoms with Crippen LogP contribution in [0.25, 0.3) is 0 Å². The molecular weight excluding hydrogens is 230 g/mol. The fourth-order valence-corrected chi connectivity index (χ4v) is 3.32. The highest BCUT2D eigenvalue weighted by Crippen LogP contribution is 2.28. The molecule has 4 heteroatoms. The summed E-state index contributed by atoms with van der Waals surface area (Å²) >= 11 is 1.86. The Morgan fingerprint density at radius 2 is 2.35 bits per heavy atom. The average Bonchev–Trinajstić information content (AvgIpc) is 3.04. The first-order valence-electron chi connectivity index (χ1n) is 6.74. The largest absolute Gasteiger partial charge is 0.348 e. The van der Waals surface area contributed by atoms with Crippen molar-refractivity contribution in [3.63, 3.8) is 0 Å².